The van der Waals surface area contributed by atoms with Crippen LogP contribution >= 0.6 is 0 Å². The summed E-state index contributed by atoms with van der Waals surface area (Å²) in [5.41, 5.74) is 31.4. The van der Waals surface area contributed by atoms with Crippen LogP contribution in [0, 0.1) is 34.6 Å². The molecule has 4 heteroatoms. The number of hydrogen-bond donors (Lipinski definition) is 0. The zero-order valence-corrected chi connectivity index (χ0v) is 42.5. The van der Waals surface area contributed by atoms with Crippen molar-refractivity contribution in [2.45, 2.75) is 34.6 Å². The molecule has 0 spiro atoms. The van der Waals surface area contributed by atoms with Gasteiger partial charge < -0.3 is 18.6 Å². The first-order valence-electron chi connectivity index (χ1n) is 26.0. The fourth-order valence-electron chi connectivity index (χ4n) is 12.8. The Labute approximate surface area is 435 Å². The summed E-state index contributed by atoms with van der Waals surface area (Å²) in [5.74, 6) is 0. The summed E-state index contributed by atoms with van der Waals surface area (Å²) >= 11 is 0. The summed E-state index contributed by atoms with van der Waals surface area (Å²) in [7, 11) is 0. The zero-order chi connectivity index (χ0) is 50.2. The van der Waals surface area contributed by atoms with Crippen molar-refractivity contribution in [3.05, 3.63) is 257 Å². The molecule has 1 aliphatic rings. The van der Waals surface area contributed by atoms with Crippen molar-refractivity contribution in [3.8, 4) is 22.3 Å². The van der Waals surface area contributed by atoms with Gasteiger partial charge in [-0.3, -0.25) is 0 Å². The van der Waals surface area contributed by atoms with E-state index in [1.54, 1.807) is 0 Å². The molecule has 0 saturated carbocycles. The second-order valence-electron chi connectivity index (χ2n) is 20.6. The number of nitrogens with zero attached hydrogens (tertiary/aromatic N) is 4. The highest BCUT2D eigenvalue weighted by Crippen LogP contribution is 2.56. The fourth-order valence-corrected chi connectivity index (χ4v) is 12.8. The monoisotopic (exact) mass is 958 g/mol. The molecule has 0 radical (unpaired) electrons. The summed E-state index contributed by atoms with van der Waals surface area (Å²) in [6.45, 7) is 11.0. The van der Waals surface area contributed by atoms with Gasteiger partial charge in [0.1, 0.15) is 0 Å². The number of benzene rings is 10. The number of allylic oxidation sites excluding steroid dienone is 3. The lowest BCUT2D eigenvalue weighted by Crippen LogP contribution is -2.17. The minimum atomic E-state index is 1.04. The van der Waals surface area contributed by atoms with Gasteiger partial charge in [0.2, 0.25) is 0 Å². The number of aromatic nitrogens is 2. The molecule has 4 nitrogen and oxygen atoms in total. The van der Waals surface area contributed by atoms with Gasteiger partial charge in [0.25, 0.3) is 0 Å². The molecule has 4 aromatic heterocycles. The van der Waals surface area contributed by atoms with Crippen molar-refractivity contribution in [3.63, 3.8) is 0 Å². The van der Waals surface area contributed by atoms with E-state index in [4.69, 9.17) is 0 Å². The van der Waals surface area contributed by atoms with Gasteiger partial charge in [-0.2, -0.15) is 0 Å². The van der Waals surface area contributed by atoms with E-state index in [9.17, 15) is 0 Å². The van der Waals surface area contributed by atoms with Crippen LogP contribution in [0.3, 0.4) is 0 Å². The van der Waals surface area contributed by atoms with E-state index >= 15 is 0 Å². The SMILES string of the molecule is Cc1ccc(N(c2cc(C)ccc2C)c2cccc3c2c2cccc4c5c(-c6ccccc6)c6c(c(-c7ccccc7)c5n3c24)c2cccc3c4c(N(C5=CC=C=C=C5)c5cc(C)ccc5C)cccc4n6c32)cc1. The maximum atomic E-state index is 3.29. The van der Waals surface area contributed by atoms with Gasteiger partial charge in [-0.15, -0.1) is 0 Å². The van der Waals surface area contributed by atoms with Gasteiger partial charge in [0, 0.05) is 77.4 Å². The molecule has 0 aliphatic heterocycles. The first kappa shape index (κ1) is 43.1. The number of anilines is 5. The highest BCUT2D eigenvalue weighted by atomic mass is 15.2. The molecule has 14 aromatic rings. The molecule has 4 heterocycles. The summed E-state index contributed by atoms with van der Waals surface area (Å²) in [6.07, 6.45) is 6.18. The predicted molar refractivity (Wildman–Crippen MR) is 318 cm³/mol. The van der Waals surface area contributed by atoms with Crippen molar-refractivity contribution in [2.75, 3.05) is 9.80 Å². The highest BCUT2D eigenvalue weighted by molar-refractivity contribution is 6.39. The summed E-state index contributed by atoms with van der Waals surface area (Å²) < 4.78 is 5.25. The molecule has 0 amide bonds. The van der Waals surface area contributed by atoms with Gasteiger partial charge in [0.05, 0.1) is 50.2 Å². The van der Waals surface area contributed by atoms with Crippen LogP contribution in [-0.4, -0.2) is 8.80 Å². The number of hydrogen-bond acceptors (Lipinski definition) is 2. The predicted octanol–water partition coefficient (Wildman–Crippen LogP) is 19.2. The van der Waals surface area contributed by atoms with Crippen LogP contribution < -0.4 is 9.80 Å². The minimum Gasteiger partial charge on any atom is -0.310 e. The van der Waals surface area contributed by atoms with E-state index in [0.29, 0.717) is 0 Å². The summed E-state index contributed by atoms with van der Waals surface area (Å²) in [4.78, 5) is 4.92. The third-order valence-electron chi connectivity index (χ3n) is 16.0. The fraction of sp³-hybridized carbons (Fsp3) is 0.0704. The Hall–Kier alpha value is -9.56. The zero-order valence-electron chi connectivity index (χ0n) is 42.5. The van der Waals surface area contributed by atoms with Crippen LogP contribution in [0.5, 0.6) is 0 Å². The van der Waals surface area contributed by atoms with E-state index < -0.39 is 0 Å². The molecule has 10 aromatic carbocycles. The molecule has 75 heavy (non-hydrogen) atoms. The second kappa shape index (κ2) is 16.2. The first-order valence-corrected chi connectivity index (χ1v) is 26.0. The Morgan fingerprint density at radius 3 is 1.31 bits per heavy atom. The van der Waals surface area contributed by atoms with E-state index in [1.807, 2.05) is 6.08 Å². The summed E-state index contributed by atoms with van der Waals surface area (Å²) in [6, 6.07) is 72.7. The van der Waals surface area contributed by atoms with Crippen molar-refractivity contribution in [2.24, 2.45) is 0 Å². The molecule has 0 saturated heterocycles. The van der Waals surface area contributed by atoms with Crippen LogP contribution in [-0.2, 0) is 0 Å². The molecule has 0 bridgehead atoms. The molecule has 15 rings (SSSR count). The molecular formula is C71H50N4. The maximum Gasteiger partial charge on any atom is 0.0634 e. The van der Waals surface area contributed by atoms with Crippen molar-refractivity contribution < 1.29 is 0 Å². The molecule has 0 unspecified atom stereocenters. The third kappa shape index (κ3) is 6.13. The molecule has 0 atom stereocenters. The van der Waals surface area contributed by atoms with Gasteiger partial charge in [-0.05, 0) is 129 Å². The van der Waals surface area contributed by atoms with Crippen LogP contribution in [0.15, 0.2) is 230 Å². The van der Waals surface area contributed by atoms with Crippen LogP contribution in [0.1, 0.15) is 27.8 Å². The molecule has 0 N–H and O–H groups in total. The molecule has 354 valence electrons. The highest BCUT2D eigenvalue weighted by Gasteiger charge is 2.33. The summed E-state index contributed by atoms with van der Waals surface area (Å²) in [5, 5.41) is 9.87. The van der Waals surface area contributed by atoms with Gasteiger partial charge in [-0.1, -0.05) is 163 Å². The van der Waals surface area contributed by atoms with Crippen molar-refractivity contribution in [1.82, 2.24) is 8.80 Å². The Morgan fingerprint density at radius 2 is 0.813 bits per heavy atom. The Balaban J connectivity index is 1.14. The number of fused-ring (bicyclic) bond motifs is 12. The van der Waals surface area contributed by atoms with Crippen LogP contribution in [0.4, 0.5) is 28.4 Å². The van der Waals surface area contributed by atoms with Crippen molar-refractivity contribution in [1.29, 1.82) is 0 Å². The largest absolute Gasteiger partial charge is 0.310 e. The van der Waals surface area contributed by atoms with E-state index in [-0.39, 0.29) is 0 Å². The Bertz CT molecular complexity index is 4820. The lowest BCUT2D eigenvalue weighted by molar-refractivity contribution is 1.19. The van der Waals surface area contributed by atoms with Gasteiger partial charge in [0.15, 0.2) is 0 Å². The topological polar surface area (TPSA) is 15.3 Å². The van der Waals surface area contributed by atoms with E-state index in [0.717, 1.165) is 28.4 Å². The van der Waals surface area contributed by atoms with Crippen LogP contribution in [0.25, 0.3) is 98.4 Å². The van der Waals surface area contributed by atoms with E-state index in [1.165, 1.54) is 132 Å². The molecule has 1 aliphatic carbocycles. The minimum absolute atomic E-state index is 1.04. The number of aryl methyl sites for hydroxylation is 5. The number of para-hydroxylation sites is 2. The average molecular weight is 959 g/mol. The normalized spacial score (nSPS) is 12.6. The lowest BCUT2D eigenvalue weighted by Gasteiger charge is -2.29. The third-order valence-corrected chi connectivity index (χ3v) is 16.0. The van der Waals surface area contributed by atoms with Gasteiger partial charge in [-0.25, -0.2) is 0 Å². The van der Waals surface area contributed by atoms with Crippen LogP contribution in [0.2, 0.25) is 0 Å². The smallest absolute Gasteiger partial charge is 0.0634 e. The second-order valence-corrected chi connectivity index (χ2v) is 20.6. The van der Waals surface area contributed by atoms with E-state index in [2.05, 4.69) is 271 Å². The van der Waals surface area contributed by atoms with Crippen molar-refractivity contribution >= 4 is 105 Å². The van der Waals surface area contributed by atoms with Gasteiger partial charge >= 0.3 is 0 Å². The standard InChI is InChI=1S/C71H50N4/c1-43-35-39-51(40-36-43)73(61-42-45(3)34-38-47(61)5)57-30-18-32-59-65(57)53-26-16-28-55-67-62(48-19-9-6-10-20-48)70-66(63(49-21-11-7-12-22-49)71(67)75(59)69(53)55)54-27-15-25-52-64-56(29-17-31-58(64)74(70)68(52)54)72(50-23-13-8-14-24-50)60-41-44(2)33-37-46(60)4/h6-7,9-13,15-42H,1-5H3. The molecule has 0 fully saturated rings. The lowest BCUT2D eigenvalue weighted by atomic mass is 9.89. The average Bonchev–Trinajstić information content (AvgIpc) is 4.22. The Kier molecular flexibility index (Phi) is 9.31. The first-order chi connectivity index (χ1) is 36.8. The molecular weight excluding hydrogens is 909 g/mol. The quantitative estimate of drug-likeness (QED) is 0.141. The Morgan fingerprint density at radius 1 is 0.360 bits per heavy atom. The maximum absolute atomic E-state index is 3.29. The number of rotatable bonds is 8.